The molecular formula is C19H14N2O5S. The molecule has 0 aliphatic heterocycles. The number of amides is 1. The van der Waals surface area contributed by atoms with E-state index in [0.717, 1.165) is 29.7 Å². The van der Waals surface area contributed by atoms with E-state index >= 15 is 0 Å². The molecule has 0 spiro atoms. The van der Waals surface area contributed by atoms with Crippen LogP contribution in [0.25, 0.3) is 10.4 Å². The zero-order valence-corrected chi connectivity index (χ0v) is 15.0. The van der Waals surface area contributed by atoms with Crippen molar-refractivity contribution in [1.82, 2.24) is 0 Å². The summed E-state index contributed by atoms with van der Waals surface area (Å²) in [6.07, 6.45) is 0. The minimum atomic E-state index is -0.758. The molecule has 0 saturated carbocycles. The first-order valence-corrected chi connectivity index (χ1v) is 8.69. The molecule has 136 valence electrons. The average Bonchev–Trinajstić information content (AvgIpc) is 3.22. The van der Waals surface area contributed by atoms with E-state index in [2.05, 4.69) is 10.1 Å². The van der Waals surface area contributed by atoms with E-state index in [9.17, 15) is 19.7 Å². The van der Waals surface area contributed by atoms with E-state index in [1.54, 1.807) is 12.1 Å². The van der Waals surface area contributed by atoms with E-state index in [-0.39, 0.29) is 16.8 Å². The van der Waals surface area contributed by atoms with Crippen LogP contribution in [-0.4, -0.2) is 23.9 Å². The SMILES string of the molecule is COC(=O)c1cc(C(=O)Nc2ccccc2-c2cccs2)cc([N+](=O)[O-])c1. The molecule has 8 heteroatoms. The first-order chi connectivity index (χ1) is 13.0. The van der Waals surface area contributed by atoms with Crippen molar-refractivity contribution in [3.8, 4) is 10.4 Å². The van der Waals surface area contributed by atoms with Gasteiger partial charge in [0.15, 0.2) is 0 Å². The number of nitro groups is 1. The van der Waals surface area contributed by atoms with Gasteiger partial charge in [0, 0.05) is 33.8 Å². The second kappa shape index (κ2) is 7.79. The summed E-state index contributed by atoms with van der Waals surface area (Å²) in [6.45, 7) is 0. The Balaban J connectivity index is 1.97. The lowest BCUT2D eigenvalue weighted by atomic mass is 10.1. The predicted octanol–water partition coefficient (Wildman–Crippen LogP) is 4.36. The predicted molar refractivity (Wildman–Crippen MR) is 102 cm³/mol. The minimum Gasteiger partial charge on any atom is -0.465 e. The number of rotatable bonds is 5. The quantitative estimate of drug-likeness (QED) is 0.401. The van der Waals surface area contributed by atoms with E-state index in [1.165, 1.54) is 17.4 Å². The van der Waals surface area contributed by atoms with Crippen LogP contribution in [0.2, 0.25) is 0 Å². The molecule has 0 aliphatic rings. The van der Waals surface area contributed by atoms with Gasteiger partial charge in [-0.15, -0.1) is 11.3 Å². The summed E-state index contributed by atoms with van der Waals surface area (Å²) < 4.78 is 4.60. The number of carbonyl (C=O) groups is 2. The van der Waals surface area contributed by atoms with Crippen LogP contribution >= 0.6 is 11.3 Å². The summed E-state index contributed by atoms with van der Waals surface area (Å²) in [5, 5.41) is 15.8. The van der Waals surface area contributed by atoms with Crippen molar-refractivity contribution in [2.24, 2.45) is 0 Å². The monoisotopic (exact) mass is 382 g/mol. The van der Waals surface area contributed by atoms with Crippen LogP contribution in [0.15, 0.2) is 60.0 Å². The highest BCUT2D eigenvalue weighted by molar-refractivity contribution is 7.13. The molecule has 0 radical (unpaired) electrons. The molecule has 0 saturated heterocycles. The maximum atomic E-state index is 12.7. The Morgan fingerprint density at radius 2 is 1.81 bits per heavy atom. The first-order valence-electron chi connectivity index (χ1n) is 7.81. The van der Waals surface area contributed by atoms with Crippen molar-refractivity contribution in [2.45, 2.75) is 0 Å². The number of nitro benzene ring substituents is 1. The van der Waals surface area contributed by atoms with Crippen molar-refractivity contribution in [2.75, 3.05) is 12.4 Å². The number of benzene rings is 2. The second-order valence-corrected chi connectivity index (χ2v) is 6.44. The van der Waals surface area contributed by atoms with Crippen molar-refractivity contribution >= 4 is 34.6 Å². The molecule has 2 aromatic carbocycles. The summed E-state index contributed by atoms with van der Waals surface area (Å²) in [5.74, 6) is -1.32. The van der Waals surface area contributed by atoms with Crippen LogP contribution < -0.4 is 5.32 Å². The van der Waals surface area contributed by atoms with Gasteiger partial charge in [-0.05, 0) is 23.6 Å². The normalized spacial score (nSPS) is 10.3. The average molecular weight is 382 g/mol. The fourth-order valence-electron chi connectivity index (χ4n) is 2.52. The van der Waals surface area contributed by atoms with Gasteiger partial charge in [-0.3, -0.25) is 14.9 Å². The summed E-state index contributed by atoms with van der Waals surface area (Å²) in [5.41, 5.74) is 0.958. The molecule has 0 unspecified atom stereocenters. The number of nitrogens with zero attached hydrogens (tertiary/aromatic N) is 1. The van der Waals surface area contributed by atoms with Gasteiger partial charge in [-0.1, -0.05) is 24.3 Å². The Hall–Kier alpha value is -3.52. The molecule has 0 fully saturated rings. The number of anilines is 1. The van der Waals surface area contributed by atoms with E-state index in [4.69, 9.17) is 0 Å². The van der Waals surface area contributed by atoms with E-state index in [1.807, 2.05) is 29.6 Å². The summed E-state index contributed by atoms with van der Waals surface area (Å²) >= 11 is 1.53. The molecule has 27 heavy (non-hydrogen) atoms. The number of methoxy groups -OCH3 is 1. The maximum Gasteiger partial charge on any atom is 0.338 e. The number of nitrogens with one attached hydrogen (secondary N) is 1. The summed E-state index contributed by atoms with van der Waals surface area (Å²) in [4.78, 5) is 35.9. The number of ether oxygens (including phenoxy) is 1. The fourth-order valence-corrected chi connectivity index (χ4v) is 3.28. The molecular weight excluding hydrogens is 368 g/mol. The van der Waals surface area contributed by atoms with Gasteiger partial charge in [0.1, 0.15) is 0 Å². The van der Waals surface area contributed by atoms with Gasteiger partial charge in [0.2, 0.25) is 0 Å². The topological polar surface area (TPSA) is 98.5 Å². The van der Waals surface area contributed by atoms with E-state index in [0.29, 0.717) is 5.69 Å². The first kappa shape index (κ1) is 18.3. The molecule has 7 nitrogen and oxygen atoms in total. The van der Waals surface area contributed by atoms with Crippen molar-refractivity contribution < 1.29 is 19.2 Å². The van der Waals surface area contributed by atoms with Crippen LogP contribution in [0.1, 0.15) is 20.7 Å². The Labute approximate surface area is 158 Å². The van der Waals surface area contributed by atoms with Gasteiger partial charge in [0.25, 0.3) is 11.6 Å². The Kier molecular flexibility index (Phi) is 5.28. The number of carbonyl (C=O) groups excluding carboxylic acids is 2. The summed E-state index contributed by atoms with van der Waals surface area (Å²) in [6, 6.07) is 14.5. The standard InChI is InChI=1S/C19H14N2O5S/c1-26-19(23)13-9-12(10-14(11-13)21(24)25)18(22)20-16-6-3-2-5-15(16)17-7-4-8-27-17/h2-11H,1H3,(H,20,22). The highest BCUT2D eigenvalue weighted by Crippen LogP contribution is 2.31. The smallest absolute Gasteiger partial charge is 0.338 e. The highest BCUT2D eigenvalue weighted by Gasteiger charge is 2.19. The lowest BCUT2D eigenvalue weighted by Crippen LogP contribution is -2.14. The molecule has 3 aromatic rings. The molecule has 1 N–H and O–H groups in total. The van der Waals surface area contributed by atoms with Crippen molar-refractivity contribution in [3.63, 3.8) is 0 Å². The molecule has 0 atom stereocenters. The Morgan fingerprint density at radius 3 is 2.48 bits per heavy atom. The third kappa shape index (κ3) is 4.01. The van der Waals surface area contributed by atoms with E-state index < -0.39 is 16.8 Å². The maximum absolute atomic E-state index is 12.7. The third-order valence-corrected chi connectivity index (χ3v) is 4.68. The zero-order chi connectivity index (χ0) is 19.4. The number of esters is 1. The van der Waals surface area contributed by atoms with Crippen LogP contribution in [0.3, 0.4) is 0 Å². The second-order valence-electron chi connectivity index (χ2n) is 5.49. The fraction of sp³-hybridized carbons (Fsp3) is 0.0526. The van der Waals surface area contributed by atoms with Gasteiger partial charge in [0.05, 0.1) is 17.6 Å². The number of hydrogen-bond donors (Lipinski definition) is 1. The lowest BCUT2D eigenvalue weighted by molar-refractivity contribution is -0.384. The third-order valence-electron chi connectivity index (χ3n) is 3.77. The molecule has 1 heterocycles. The number of para-hydroxylation sites is 1. The van der Waals surface area contributed by atoms with Gasteiger partial charge >= 0.3 is 5.97 Å². The zero-order valence-electron chi connectivity index (χ0n) is 14.2. The highest BCUT2D eigenvalue weighted by atomic mass is 32.1. The molecule has 0 bridgehead atoms. The van der Waals surface area contributed by atoms with Gasteiger partial charge < -0.3 is 10.1 Å². The lowest BCUT2D eigenvalue weighted by Gasteiger charge is -2.10. The van der Waals surface area contributed by atoms with Crippen molar-refractivity contribution in [3.05, 3.63) is 81.2 Å². The molecule has 1 amide bonds. The van der Waals surface area contributed by atoms with Gasteiger partial charge in [-0.2, -0.15) is 0 Å². The molecule has 3 rings (SSSR count). The minimum absolute atomic E-state index is 0.00872. The largest absolute Gasteiger partial charge is 0.465 e. The van der Waals surface area contributed by atoms with Crippen LogP contribution in [0.4, 0.5) is 11.4 Å². The van der Waals surface area contributed by atoms with Crippen LogP contribution in [0.5, 0.6) is 0 Å². The van der Waals surface area contributed by atoms with Crippen molar-refractivity contribution in [1.29, 1.82) is 0 Å². The van der Waals surface area contributed by atoms with Crippen LogP contribution in [-0.2, 0) is 4.74 Å². The summed E-state index contributed by atoms with van der Waals surface area (Å²) in [7, 11) is 1.16. The number of hydrogen-bond acceptors (Lipinski definition) is 6. The Bertz CT molecular complexity index is 1010. The Morgan fingerprint density at radius 1 is 1.07 bits per heavy atom. The molecule has 1 aromatic heterocycles. The molecule has 0 aliphatic carbocycles. The number of thiophene rings is 1. The number of non-ortho nitro benzene ring substituents is 1. The van der Waals surface area contributed by atoms with Gasteiger partial charge in [-0.25, -0.2) is 4.79 Å². The van der Waals surface area contributed by atoms with Crippen LogP contribution in [0, 0.1) is 10.1 Å².